The van der Waals surface area contributed by atoms with Crippen LogP contribution in [0, 0.1) is 0 Å². The average Bonchev–Trinajstić information content (AvgIpc) is 2.47. The number of ether oxygens (including phenoxy) is 2. The van der Waals surface area contributed by atoms with Gasteiger partial charge in [0.2, 0.25) is 0 Å². The second-order valence-electron chi connectivity index (χ2n) is 5.21. The normalized spacial score (nSPS) is 12.8. The van der Waals surface area contributed by atoms with Gasteiger partial charge in [0.05, 0.1) is 25.9 Å². The fourth-order valence-corrected chi connectivity index (χ4v) is 2.49. The molecule has 0 N–H and O–H groups in total. The van der Waals surface area contributed by atoms with E-state index in [-0.39, 0.29) is 6.10 Å². The molecule has 1 unspecified atom stereocenters. The Morgan fingerprint density at radius 1 is 0.800 bits per heavy atom. The SMILES string of the molecule is CCCCCCCCCCC(CCl)OCCOCCCl. The summed E-state index contributed by atoms with van der Waals surface area (Å²) in [4.78, 5) is 0. The lowest BCUT2D eigenvalue weighted by Crippen LogP contribution is -2.18. The van der Waals surface area contributed by atoms with Gasteiger partial charge in [-0.2, -0.15) is 0 Å². The lowest BCUT2D eigenvalue weighted by atomic mass is 10.1. The van der Waals surface area contributed by atoms with E-state index >= 15 is 0 Å². The van der Waals surface area contributed by atoms with Gasteiger partial charge in [-0.3, -0.25) is 0 Å². The van der Waals surface area contributed by atoms with Crippen molar-refractivity contribution in [3.05, 3.63) is 0 Å². The Balaban J connectivity index is 3.28. The number of halogens is 2. The van der Waals surface area contributed by atoms with Gasteiger partial charge in [0, 0.05) is 11.8 Å². The van der Waals surface area contributed by atoms with Crippen LogP contribution in [0.5, 0.6) is 0 Å². The van der Waals surface area contributed by atoms with Crippen molar-refractivity contribution < 1.29 is 9.47 Å². The van der Waals surface area contributed by atoms with E-state index in [9.17, 15) is 0 Å². The molecule has 0 bridgehead atoms. The highest BCUT2D eigenvalue weighted by Crippen LogP contribution is 2.12. The first-order valence-corrected chi connectivity index (χ1v) is 9.23. The van der Waals surface area contributed by atoms with Crippen molar-refractivity contribution in [2.45, 2.75) is 70.8 Å². The van der Waals surface area contributed by atoms with E-state index in [0.29, 0.717) is 31.6 Å². The Kier molecular flexibility index (Phi) is 18.0. The molecule has 2 nitrogen and oxygen atoms in total. The van der Waals surface area contributed by atoms with Crippen molar-refractivity contribution in [2.24, 2.45) is 0 Å². The summed E-state index contributed by atoms with van der Waals surface area (Å²) in [5.74, 6) is 1.11. The molecule has 1 atom stereocenters. The summed E-state index contributed by atoms with van der Waals surface area (Å²) in [6.45, 7) is 4.07. The summed E-state index contributed by atoms with van der Waals surface area (Å²) < 4.78 is 11.0. The van der Waals surface area contributed by atoms with E-state index in [1.54, 1.807) is 0 Å². The van der Waals surface area contributed by atoms with Gasteiger partial charge in [0.25, 0.3) is 0 Å². The van der Waals surface area contributed by atoms with Crippen molar-refractivity contribution in [3.8, 4) is 0 Å². The van der Waals surface area contributed by atoms with E-state index in [1.165, 1.54) is 51.4 Å². The van der Waals surface area contributed by atoms with Gasteiger partial charge in [-0.1, -0.05) is 58.3 Å². The maximum absolute atomic E-state index is 5.92. The lowest BCUT2D eigenvalue weighted by molar-refractivity contribution is 0.0131. The highest BCUT2D eigenvalue weighted by Gasteiger charge is 2.07. The van der Waals surface area contributed by atoms with Crippen molar-refractivity contribution in [1.29, 1.82) is 0 Å². The van der Waals surface area contributed by atoms with Crippen molar-refractivity contribution in [3.63, 3.8) is 0 Å². The first-order chi connectivity index (χ1) is 9.85. The van der Waals surface area contributed by atoms with Crippen molar-refractivity contribution in [1.82, 2.24) is 0 Å². The molecule has 4 heteroatoms. The average molecular weight is 327 g/mol. The van der Waals surface area contributed by atoms with Gasteiger partial charge < -0.3 is 9.47 Å². The Morgan fingerprint density at radius 3 is 2.05 bits per heavy atom. The minimum Gasteiger partial charge on any atom is -0.378 e. The third-order valence-electron chi connectivity index (χ3n) is 3.35. The van der Waals surface area contributed by atoms with Crippen LogP contribution in [-0.2, 0) is 9.47 Å². The predicted octanol–water partition coefficient (Wildman–Crippen LogP) is 5.40. The summed E-state index contributed by atoms with van der Waals surface area (Å²) >= 11 is 11.4. The van der Waals surface area contributed by atoms with Crippen LogP contribution >= 0.6 is 23.2 Å². The van der Waals surface area contributed by atoms with E-state index in [1.807, 2.05) is 0 Å². The van der Waals surface area contributed by atoms with E-state index in [4.69, 9.17) is 32.7 Å². The number of hydrogen-bond donors (Lipinski definition) is 0. The molecule has 0 aliphatic heterocycles. The Bertz CT molecular complexity index is 180. The van der Waals surface area contributed by atoms with Crippen LogP contribution in [0.2, 0.25) is 0 Å². The second-order valence-corrected chi connectivity index (χ2v) is 5.90. The standard InChI is InChI=1S/C16H32Cl2O2/c1-2-3-4-5-6-7-8-9-10-16(15-18)20-14-13-19-12-11-17/h16H,2-15H2,1H3. The Morgan fingerprint density at radius 2 is 1.45 bits per heavy atom. The molecular weight excluding hydrogens is 295 g/mol. The molecule has 0 aromatic heterocycles. The third-order valence-corrected chi connectivity index (χ3v) is 3.85. The van der Waals surface area contributed by atoms with Gasteiger partial charge in [0.15, 0.2) is 0 Å². The summed E-state index contributed by atoms with van der Waals surface area (Å²) in [5.41, 5.74) is 0. The fraction of sp³-hybridized carbons (Fsp3) is 1.00. The molecule has 20 heavy (non-hydrogen) atoms. The highest BCUT2D eigenvalue weighted by atomic mass is 35.5. The molecule has 0 aliphatic rings. The number of hydrogen-bond acceptors (Lipinski definition) is 2. The molecule has 122 valence electrons. The lowest BCUT2D eigenvalue weighted by Gasteiger charge is -2.15. The van der Waals surface area contributed by atoms with Crippen LogP contribution in [0.3, 0.4) is 0 Å². The Labute approximate surface area is 135 Å². The molecule has 0 aromatic carbocycles. The van der Waals surface area contributed by atoms with Crippen molar-refractivity contribution in [2.75, 3.05) is 31.6 Å². The monoisotopic (exact) mass is 326 g/mol. The topological polar surface area (TPSA) is 18.5 Å². The Hall–Kier alpha value is 0.500. The third kappa shape index (κ3) is 14.9. The maximum atomic E-state index is 5.92. The summed E-state index contributed by atoms with van der Waals surface area (Å²) in [7, 11) is 0. The van der Waals surface area contributed by atoms with Gasteiger partial charge in [-0.05, 0) is 6.42 Å². The largest absolute Gasteiger partial charge is 0.378 e. The van der Waals surface area contributed by atoms with Gasteiger partial charge in [0.1, 0.15) is 0 Å². The minimum atomic E-state index is 0.177. The number of rotatable bonds is 16. The molecular formula is C16H32Cl2O2. The van der Waals surface area contributed by atoms with Crippen LogP contribution in [0.15, 0.2) is 0 Å². The molecule has 0 spiro atoms. The molecule has 0 heterocycles. The molecule has 0 radical (unpaired) electrons. The van der Waals surface area contributed by atoms with Gasteiger partial charge in [-0.15, -0.1) is 23.2 Å². The molecule has 0 rings (SSSR count). The smallest absolute Gasteiger partial charge is 0.0711 e. The van der Waals surface area contributed by atoms with E-state index in [0.717, 1.165) is 6.42 Å². The molecule has 0 amide bonds. The zero-order chi connectivity index (χ0) is 14.9. The van der Waals surface area contributed by atoms with Crippen LogP contribution in [0.25, 0.3) is 0 Å². The van der Waals surface area contributed by atoms with Crippen LogP contribution in [-0.4, -0.2) is 37.7 Å². The molecule has 0 fully saturated rings. The van der Waals surface area contributed by atoms with Crippen molar-refractivity contribution >= 4 is 23.2 Å². The molecule has 0 saturated carbocycles. The predicted molar refractivity (Wildman–Crippen MR) is 89.2 cm³/mol. The van der Waals surface area contributed by atoms with Crippen LogP contribution in [0.4, 0.5) is 0 Å². The molecule has 0 aromatic rings. The zero-order valence-corrected chi connectivity index (χ0v) is 14.6. The zero-order valence-electron chi connectivity index (χ0n) is 13.0. The van der Waals surface area contributed by atoms with Gasteiger partial charge in [-0.25, -0.2) is 0 Å². The minimum absolute atomic E-state index is 0.177. The number of unbranched alkanes of at least 4 members (excludes halogenated alkanes) is 7. The summed E-state index contributed by atoms with van der Waals surface area (Å²) in [5, 5.41) is 0. The van der Waals surface area contributed by atoms with Crippen LogP contribution < -0.4 is 0 Å². The first-order valence-electron chi connectivity index (χ1n) is 8.16. The highest BCUT2D eigenvalue weighted by molar-refractivity contribution is 6.18. The second kappa shape index (κ2) is 17.6. The quantitative estimate of drug-likeness (QED) is 0.279. The molecule has 0 aliphatic carbocycles. The molecule has 0 saturated heterocycles. The van der Waals surface area contributed by atoms with Crippen LogP contribution in [0.1, 0.15) is 64.7 Å². The number of alkyl halides is 2. The van der Waals surface area contributed by atoms with E-state index < -0.39 is 0 Å². The summed E-state index contributed by atoms with van der Waals surface area (Å²) in [6, 6.07) is 0. The first kappa shape index (κ1) is 20.5. The summed E-state index contributed by atoms with van der Waals surface area (Å²) in [6.07, 6.45) is 12.0. The van der Waals surface area contributed by atoms with E-state index in [2.05, 4.69) is 6.92 Å². The maximum Gasteiger partial charge on any atom is 0.0711 e. The fourth-order valence-electron chi connectivity index (χ4n) is 2.14. The van der Waals surface area contributed by atoms with Gasteiger partial charge >= 0.3 is 0 Å².